The van der Waals surface area contributed by atoms with Crippen LogP contribution in [0.2, 0.25) is 5.02 Å². The number of primary amides is 1. The molecule has 5 N–H and O–H groups in total. The number of carbonyl (C=O) groups is 3. The summed E-state index contributed by atoms with van der Waals surface area (Å²) in [5, 5.41) is 6.51. The predicted octanol–water partition coefficient (Wildman–Crippen LogP) is -0.272. The zero-order chi connectivity index (χ0) is 17.1. The Morgan fingerprint density at radius 1 is 1.32 bits per heavy atom. The number of primary sulfonamides is 1. The first-order valence-corrected chi connectivity index (χ1v) is 7.58. The third kappa shape index (κ3) is 4.69. The summed E-state index contributed by atoms with van der Waals surface area (Å²) in [5.41, 5.74) is 4.56. The quantitative estimate of drug-likeness (QED) is 0.634. The largest absolute Gasteiger partial charge is 0.449 e. The smallest absolute Gasteiger partial charge is 0.338 e. The van der Waals surface area contributed by atoms with Gasteiger partial charge in [0, 0.05) is 0 Å². The molecule has 0 fully saturated rings. The molecule has 0 spiro atoms. The number of carbonyl (C=O) groups excluding carboxylic acids is 3. The predicted molar refractivity (Wildman–Crippen MR) is 75.4 cm³/mol. The van der Waals surface area contributed by atoms with E-state index in [0.717, 1.165) is 12.1 Å². The molecule has 9 nitrogen and oxygen atoms in total. The molecule has 0 radical (unpaired) electrons. The number of amides is 3. The van der Waals surface area contributed by atoms with Gasteiger partial charge in [0.2, 0.25) is 10.0 Å². The van der Waals surface area contributed by atoms with Crippen molar-refractivity contribution in [3.63, 3.8) is 0 Å². The fraction of sp³-hybridized carbons (Fsp3) is 0.182. The van der Waals surface area contributed by atoms with Crippen molar-refractivity contribution in [2.24, 2.45) is 10.9 Å². The second-order valence-electron chi connectivity index (χ2n) is 4.09. The summed E-state index contributed by atoms with van der Waals surface area (Å²) in [7, 11) is -4.13. The van der Waals surface area contributed by atoms with Crippen LogP contribution in [0.5, 0.6) is 0 Å². The lowest BCUT2D eigenvalue weighted by molar-refractivity contribution is -0.127. The number of esters is 1. The number of urea groups is 1. The highest BCUT2D eigenvalue weighted by Crippen LogP contribution is 2.22. The Bertz CT molecular complexity index is 733. The van der Waals surface area contributed by atoms with Crippen LogP contribution < -0.4 is 16.2 Å². The molecule has 0 aliphatic carbocycles. The fourth-order valence-corrected chi connectivity index (χ4v) is 2.42. The van der Waals surface area contributed by atoms with Crippen molar-refractivity contribution in [2.45, 2.75) is 17.9 Å². The molecule has 0 heterocycles. The maximum Gasteiger partial charge on any atom is 0.338 e. The summed E-state index contributed by atoms with van der Waals surface area (Å²) >= 11 is 5.67. The van der Waals surface area contributed by atoms with Gasteiger partial charge in [0.05, 0.1) is 10.6 Å². The first-order chi connectivity index (χ1) is 10.0. The highest BCUT2D eigenvalue weighted by atomic mass is 35.5. The van der Waals surface area contributed by atoms with E-state index in [0.29, 0.717) is 0 Å². The molecule has 0 aliphatic rings. The molecule has 11 heteroatoms. The molecule has 0 aromatic heterocycles. The van der Waals surface area contributed by atoms with E-state index in [1.807, 2.05) is 0 Å². The molecule has 0 saturated heterocycles. The van der Waals surface area contributed by atoms with Crippen molar-refractivity contribution in [3.05, 3.63) is 28.8 Å². The van der Waals surface area contributed by atoms with Crippen molar-refractivity contribution in [1.82, 2.24) is 5.32 Å². The zero-order valence-electron chi connectivity index (χ0n) is 11.2. The average Bonchev–Trinajstić information content (AvgIpc) is 2.36. The molecule has 120 valence electrons. The van der Waals surface area contributed by atoms with Crippen LogP contribution in [0, 0.1) is 0 Å². The fourth-order valence-electron chi connectivity index (χ4n) is 1.35. The Kier molecular flexibility index (Phi) is 5.47. The second kappa shape index (κ2) is 6.73. The highest BCUT2D eigenvalue weighted by molar-refractivity contribution is 7.89. The van der Waals surface area contributed by atoms with Crippen molar-refractivity contribution in [3.8, 4) is 0 Å². The number of rotatable bonds is 4. The van der Waals surface area contributed by atoms with E-state index in [-0.39, 0.29) is 10.6 Å². The third-order valence-corrected chi connectivity index (χ3v) is 3.77. The van der Waals surface area contributed by atoms with Gasteiger partial charge in [0.1, 0.15) is 4.90 Å². The van der Waals surface area contributed by atoms with E-state index < -0.39 is 38.9 Å². The van der Waals surface area contributed by atoms with Crippen LogP contribution in [0.15, 0.2) is 23.1 Å². The van der Waals surface area contributed by atoms with Gasteiger partial charge < -0.3 is 10.5 Å². The molecule has 0 bridgehead atoms. The first kappa shape index (κ1) is 17.9. The Morgan fingerprint density at radius 3 is 2.41 bits per heavy atom. The minimum atomic E-state index is -4.13. The Morgan fingerprint density at radius 2 is 1.91 bits per heavy atom. The number of imide groups is 1. The normalized spacial score (nSPS) is 12.3. The first-order valence-electron chi connectivity index (χ1n) is 5.66. The lowest BCUT2D eigenvalue weighted by Crippen LogP contribution is -2.42. The summed E-state index contributed by atoms with van der Waals surface area (Å²) in [6.07, 6.45) is -1.33. The number of benzene rings is 1. The number of hydrogen-bond donors (Lipinski definition) is 3. The minimum Gasteiger partial charge on any atom is -0.449 e. The topological polar surface area (TPSA) is 159 Å². The Balaban J connectivity index is 2.96. The van der Waals surface area contributed by atoms with Crippen LogP contribution >= 0.6 is 11.6 Å². The van der Waals surface area contributed by atoms with Crippen LogP contribution in [0.3, 0.4) is 0 Å². The lowest BCUT2D eigenvalue weighted by Gasteiger charge is -2.12. The molecule has 1 aromatic rings. The van der Waals surface area contributed by atoms with Gasteiger partial charge in [-0.15, -0.1) is 0 Å². The number of hydrogen-bond acceptors (Lipinski definition) is 6. The number of halogens is 1. The van der Waals surface area contributed by atoms with Gasteiger partial charge in [-0.3, -0.25) is 10.1 Å². The van der Waals surface area contributed by atoms with Gasteiger partial charge in [-0.1, -0.05) is 11.6 Å². The van der Waals surface area contributed by atoms with Crippen molar-refractivity contribution < 1.29 is 27.5 Å². The molecule has 0 aliphatic heterocycles. The number of nitrogens with one attached hydrogen (secondary N) is 1. The summed E-state index contributed by atoms with van der Waals surface area (Å²) in [6, 6.07) is 2.15. The number of nitrogens with two attached hydrogens (primary N) is 2. The van der Waals surface area contributed by atoms with Crippen molar-refractivity contribution in [2.75, 3.05) is 0 Å². The molecule has 22 heavy (non-hydrogen) atoms. The third-order valence-electron chi connectivity index (χ3n) is 2.37. The Labute approximate surface area is 130 Å². The van der Waals surface area contributed by atoms with Gasteiger partial charge in [-0.2, -0.15) is 0 Å². The van der Waals surface area contributed by atoms with E-state index in [2.05, 4.69) is 0 Å². The van der Waals surface area contributed by atoms with Gasteiger partial charge in [0.25, 0.3) is 5.91 Å². The average molecular weight is 350 g/mol. The van der Waals surface area contributed by atoms with E-state index in [1.165, 1.54) is 13.0 Å². The summed E-state index contributed by atoms with van der Waals surface area (Å²) < 4.78 is 27.4. The van der Waals surface area contributed by atoms with E-state index >= 15 is 0 Å². The molecular weight excluding hydrogens is 338 g/mol. The molecule has 1 atom stereocenters. The monoisotopic (exact) mass is 349 g/mol. The van der Waals surface area contributed by atoms with Crippen LogP contribution in [0.1, 0.15) is 17.3 Å². The summed E-state index contributed by atoms with van der Waals surface area (Å²) in [4.78, 5) is 33.3. The van der Waals surface area contributed by atoms with Gasteiger partial charge in [0.15, 0.2) is 6.10 Å². The van der Waals surface area contributed by atoms with E-state index in [4.69, 9.17) is 27.2 Å². The van der Waals surface area contributed by atoms with Crippen LogP contribution in [-0.4, -0.2) is 32.4 Å². The maximum atomic E-state index is 11.8. The van der Waals surface area contributed by atoms with Gasteiger partial charge in [-0.05, 0) is 25.1 Å². The SMILES string of the molecule is CC(OC(=O)c1ccc(Cl)c(S(N)(=O)=O)c1)C(=O)NC(N)=O. The lowest BCUT2D eigenvalue weighted by atomic mass is 10.2. The number of ether oxygens (including phenoxy) is 1. The van der Waals surface area contributed by atoms with Gasteiger partial charge in [-0.25, -0.2) is 23.1 Å². The number of sulfonamides is 1. The van der Waals surface area contributed by atoms with Crippen molar-refractivity contribution >= 4 is 39.5 Å². The highest BCUT2D eigenvalue weighted by Gasteiger charge is 2.22. The van der Waals surface area contributed by atoms with Crippen LogP contribution in [-0.2, 0) is 19.6 Å². The minimum absolute atomic E-state index is 0.168. The Hall–Kier alpha value is -2.17. The molecular formula is C11H12ClN3O6S. The zero-order valence-corrected chi connectivity index (χ0v) is 12.8. The van der Waals surface area contributed by atoms with Crippen molar-refractivity contribution in [1.29, 1.82) is 0 Å². The standard InChI is InChI=1S/C11H12ClN3O6S/c1-5(9(16)15-11(13)18)21-10(17)6-2-3-7(12)8(4-6)22(14,19)20/h2-5H,1H3,(H2,14,19,20)(H3,13,15,16,18). The molecule has 1 rings (SSSR count). The second-order valence-corrected chi connectivity index (χ2v) is 6.03. The summed E-state index contributed by atoms with van der Waals surface area (Å²) in [6.45, 7) is 1.20. The van der Waals surface area contributed by atoms with E-state index in [9.17, 15) is 22.8 Å². The molecule has 1 aromatic carbocycles. The molecule has 1 unspecified atom stereocenters. The van der Waals surface area contributed by atoms with E-state index in [1.54, 1.807) is 5.32 Å². The summed E-state index contributed by atoms with van der Waals surface area (Å²) in [5.74, 6) is -1.94. The van der Waals surface area contributed by atoms with Crippen LogP contribution in [0.25, 0.3) is 0 Å². The molecule has 0 saturated carbocycles. The van der Waals surface area contributed by atoms with Crippen LogP contribution in [0.4, 0.5) is 4.79 Å². The molecule has 3 amide bonds. The van der Waals surface area contributed by atoms with Gasteiger partial charge >= 0.3 is 12.0 Å². The maximum absolute atomic E-state index is 11.8.